The number of hydrogen-bond acceptors (Lipinski definition) is 8. The van der Waals surface area contributed by atoms with Crippen LogP contribution in [0.25, 0.3) is 21.5 Å². The van der Waals surface area contributed by atoms with Gasteiger partial charge in [-0.2, -0.15) is 0 Å². The number of fused-ring (bicyclic) bond motifs is 9. The van der Waals surface area contributed by atoms with E-state index in [-0.39, 0.29) is 31.1 Å². The molecule has 0 radical (unpaired) electrons. The van der Waals surface area contributed by atoms with Gasteiger partial charge >= 0.3 is 0 Å². The van der Waals surface area contributed by atoms with Crippen LogP contribution in [-0.2, 0) is 41.6 Å². The lowest BCUT2D eigenvalue weighted by Crippen LogP contribution is -2.62. The molecule has 2 saturated heterocycles. The van der Waals surface area contributed by atoms with E-state index in [0.29, 0.717) is 5.75 Å². The third-order valence-electron chi connectivity index (χ3n) is 9.60. The normalized spacial score (nSPS) is 23.8. The Morgan fingerprint density at radius 3 is 1.72 bits per heavy atom. The van der Waals surface area contributed by atoms with Crippen molar-refractivity contribution in [2.75, 3.05) is 18.1 Å². The summed E-state index contributed by atoms with van der Waals surface area (Å²) in [6, 6.07) is 21.0. The minimum Gasteiger partial charge on any atom is -0.353 e. The van der Waals surface area contributed by atoms with E-state index in [4.69, 9.17) is 0 Å². The number of nitrogens with one attached hydrogen (secondary N) is 6. The van der Waals surface area contributed by atoms with Crippen LogP contribution < -0.4 is 31.9 Å². The van der Waals surface area contributed by atoms with Crippen molar-refractivity contribution in [3.63, 3.8) is 0 Å². The van der Waals surface area contributed by atoms with E-state index >= 15 is 0 Å². The highest BCUT2D eigenvalue weighted by atomic mass is 33.1. The van der Waals surface area contributed by atoms with Crippen molar-refractivity contribution in [3.05, 3.63) is 96.1 Å². The summed E-state index contributed by atoms with van der Waals surface area (Å²) in [5, 5.41) is 20.6. The van der Waals surface area contributed by atoms with Gasteiger partial charge in [-0.1, -0.05) is 120 Å². The van der Waals surface area contributed by atoms with Gasteiger partial charge in [-0.25, -0.2) is 0 Å². The van der Waals surface area contributed by atoms with Crippen LogP contribution in [0.5, 0.6) is 0 Å². The summed E-state index contributed by atoms with van der Waals surface area (Å²) in [5.74, 6) is -3.49. The first-order chi connectivity index (χ1) is 26.1. The predicted octanol–water partition coefficient (Wildman–Crippen LogP) is 2.77. The fourth-order valence-electron chi connectivity index (χ4n) is 6.74. The molecule has 0 saturated carbocycles. The van der Waals surface area contributed by atoms with Gasteiger partial charge in [0.25, 0.3) is 0 Å². The quantitative estimate of drug-likeness (QED) is 0.168. The van der Waals surface area contributed by atoms with Crippen molar-refractivity contribution < 1.29 is 28.8 Å². The maximum Gasteiger partial charge on any atom is 0.244 e. The largest absolute Gasteiger partial charge is 0.353 e. The molecule has 0 aromatic heterocycles. The van der Waals surface area contributed by atoms with Crippen LogP contribution in [0.2, 0.25) is 0 Å². The molecule has 2 aliphatic heterocycles. The Morgan fingerprint density at radius 2 is 1.11 bits per heavy atom. The van der Waals surface area contributed by atoms with Gasteiger partial charge in [0.05, 0.1) is 6.42 Å². The van der Waals surface area contributed by atoms with Crippen molar-refractivity contribution in [1.29, 1.82) is 0 Å². The number of carbonyl (C=O) groups excluding carboxylic acids is 6. The van der Waals surface area contributed by atoms with Crippen LogP contribution in [-0.4, -0.2) is 83.7 Å². The number of amides is 6. The monoisotopic (exact) mass is 768 g/mol. The van der Waals surface area contributed by atoms with Crippen LogP contribution >= 0.6 is 21.6 Å². The summed E-state index contributed by atoms with van der Waals surface area (Å²) in [6.45, 7) is 3.74. The summed E-state index contributed by atoms with van der Waals surface area (Å²) >= 11 is 0. The lowest BCUT2D eigenvalue weighted by molar-refractivity contribution is -0.137. The van der Waals surface area contributed by atoms with Gasteiger partial charge in [0.2, 0.25) is 35.4 Å². The molecule has 282 valence electrons. The lowest BCUT2D eigenvalue weighted by Gasteiger charge is -2.29. The fourth-order valence-corrected chi connectivity index (χ4v) is 8.81. The van der Waals surface area contributed by atoms with E-state index in [0.717, 1.165) is 32.7 Å². The average molecular weight is 769 g/mol. The molecule has 6 N–H and O–H groups in total. The third kappa shape index (κ3) is 9.52. The van der Waals surface area contributed by atoms with E-state index < -0.39 is 72.1 Å². The number of carbonyl (C=O) groups is 6. The highest BCUT2D eigenvalue weighted by Gasteiger charge is 2.36. The zero-order valence-electron chi connectivity index (χ0n) is 30.1. The zero-order chi connectivity index (χ0) is 38.2. The molecule has 2 bridgehead atoms. The molecule has 4 aromatic rings. The molecule has 2 heterocycles. The van der Waals surface area contributed by atoms with Crippen LogP contribution in [0.1, 0.15) is 31.4 Å². The Hall–Kier alpha value is -5.08. The van der Waals surface area contributed by atoms with E-state index in [1.165, 1.54) is 21.6 Å². The van der Waals surface area contributed by atoms with Crippen molar-refractivity contribution in [2.45, 2.75) is 63.3 Å². The van der Waals surface area contributed by atoms with Crippen LogP contribution in [0.15, 0.2) is 84.9 Å². The summed E-state index contributed by atoms with van der Waals surface area (Å²) in [7, 11) is 2.73. The molecular weight excluding hydrogens is 725 g/mol. The summed E-state index contributed by atoms with van der Waals surface area (Å²) in [5.41, 5.74) is 1.58. The maximum absolute atomic E-state index is 14.5. The van der Waals surface area contributed by atoms with E-state index in [1.54, 1.807) is 13.8 Å². The Kier molecular flexibility index (Phi) is 12.8. The molecule has 54 heavy (non-hydrogen) atoms. The second kappa shape index (κ2) is 17.8. The van der Waals surface area contributed by atoms with E-state index in [2.05, 4.69) is 31.9 Å². The van der Waals surface area contributed by atoms with Crippen molar-refractivity contribution in [1.82, 2.24) is 31.9 Å². The lowest BCUT2D eigenvalue weighted by atomic mass is 9.96. The molecule has 6 rings (SSSR count). The maximum atomic E-state index is 14.5. The van der Waals surface area contributed by atoms with Crippen LogP contribution in [0.3, 0.4) is 0 Å². The van der Waals surface area contributed by atoms with Crippen LogP contribution in [0.4, 0.5) is 0 Å². The summed E-state index contributed by atoms with van der Waals surface area (Å²) in [4.78, 5) is 83.8. The highest BCUT2D eigenvalue weighted by Crippen LogP contribution is 2.24. The average Bonchev–Trinajstić information content (AvgIpc) is 3.16. The van der Waals surface area contributed by atoms with Gasteiger partial charge in [0.15, 0.2) is 0 Å². The van der Waals surface area contributed by atoms with Gasteiger partial charge in [-0.3, -0.25) is 28.8 Å². The highest BCUT2D eigenvalue weighted by molar-refractivity contribution is 8.76. The second-order valence-electron chi connectivity index (χ2n) is 13.8. The minimum atomic E-state index is -1.31. The smallest absolute Gasteiger partial charge is 0.244 e. The van der Waals surface area contributed by atoms with Crippen LogP contribution in [0, 0.1) is 5.92 Å². The molecule has 0 spiro atoms. The Bertz CT molecular complexity index is 2050. The molecule has 2 fully saturated rings. The topological polar surface area (TPSA) is 175 Å². The van der Waals surface area contributed by atoms with Gasteiger partial charge in [0, 0.05) is 30.9 Å². The molecule has 6 amide bonds. The molecule has 14 heteroatoms. The Labute approximate surface area is 321 Å². The molecule has 5 atom stereocenters. The van der Waals surface area contributed by atoms with Gasteiger partial charge in [0.1, 0.15) is 30.2 Å². The number of rotatable bonds is 5. The van der Waals surface area contributed by atoms with E-state index in [1.807, 2.05) is 84.9 Å². The molecule has 0 aliphatic carbocycles. The predicted molar refractivity (Wildman–Crippen MR) is 212 cm³/mol. The molecule has 0 unspecified atom stereocenters. The van der Waals surface area contributed by atoms with Gasteiger partial charge < -0.3 is 31.9 Å². The van der Waals surface area contributed by atoms with Gasteiger partial charge in [-0.05, 0) is 38.6 Å². The summed E-state index contributed by atoms with van der Waals surface area (Å²) < 4.78 is 0. The number of benzene rings is 4. The van der Waals surface area contributed by atoms with Crippen molar-refractivity contribution in [3.8, 4) is 0 Å². The Morgan fingerprint density at radius 1 is 0.574 bits per heavy atom. The summed E-state index contributed by atoms with van der Waals surface area (Å²) in [6.07, 6.45) is -0.325. The van der Waals surface area contributed by atoms with E-state index in [9.17, 15) is 28.8 Å². The first-order valence-electron chi connectivity index (χ1n) is 18.0. The standard InChI is InChI=1S/C40H44N6O6S2/c1-23(2)35-40(52)45-33-22-54-53-18-17-41-36(48)32(21-34(47)46-35)44-38(50)30(19-26-13-7-11-24-9-3-5-15-28(24)26)42-37(49)31(43-39(33)51)20-27-14-8-12-25-10-4-6-16-29(25)27/h3-16,23,30-33,35H,17-22H2,1-2H3,(H,41,48)(H,42,49)(H,43,51)(H,44,50)(H,45,52)(H,46,47)/t30-,31-,32-,33-,35+/m0/s1. The second-order valence-corrected chi connectivity index (χ2v) is 16.4. The molecule has 12 nitrogen and oxygen atoms in total. The minimum absolute atomic E-state index is 0.0514. The first kappa shape index (κ1) is 38.6. The SMILES string of the molecule is CC(C)[C@H]1NC(=O)C[C@@H]2NC(=O)[C@H](Cc3cccc4ccccc34)NC(=O)[C@H](Cc3cccc4ccccc34)NC(=O)[C@H](CSSCCNC2=O)NC1=O. The first-order valence-corrected chi connectivity index (χ1v) is 20.5. The molecular formula is C40H44N6O6S2. The van der Waals surface area contributed by atoms with Crippen molar-refractivity contribution >= 4 is 78.6 Å². The molecule has 2 aliphatic rings. The Balaban J connectivity index is 1.44. The number of hydrogen-bond donors (Lipinski definition) is 6. The molecule has 4 aromatic carbocycles. The van der Waals surface area contributed by atoms with Gasteiger partial charge in [-0.15, -0.1) is 0 Å². The third-order valence-corrected chi connectivity index (χ3v) is 12.0. The zero-order valence-corrected chi connectivity index (χ0v) is 31.7. The van der Waals surface area contributed by atoms with Crippen molar-refractivity contribution in [2.24, 2.45) is 5.92 Å². The fraction of sp³-hybridized carbons (Fsp3) is 0.350.